The van der Waals surface area contributed by atoms with E-state index in [1.54, 1.807) is 16.5 Å². The average molecular weight is 292 g/mol. The topological polar surface area (TPSA) is 104 Å². The highest BCUT2D eigenvalue weighted by molar-refractivity contribution is 5.76. The van der Waals surface area contributed by atoms with E-state index in [4.69, 9.17) is 0 Å². The number of aryl methyl sites for hydroxylation is 2. The van der Waals surface area contributed by atoms with E-state index in [1.165, 1.54) is 15.7 Å². The van der Waals surface area contributed by atoms with Crippen LogP contribution in [-0.2, 0) is 31.4 Å². The fourth-order valence-electron chi connectivity index (χ4n) is 2.43. The summed E-state index contributed by atoms with van der Waals surface area (Å²) in [5.74, 6) is 0.770. The lowest BCUT2D eigenvalue weighted by molar-refractivity contribution is -0.131. The Balaban J connectivity index is 1.61. The SMILES string of the molecule is Cn1nc2n(c1=O)CCN(C(=O)CCn1cnnn1)CC2. The Morgan fingerprint density at radius 1 is 1.33 bits per heavy atom. The van der Waals surface area contributed by atoms with Crippen molar-refractivity contribution in [2.24, 2.45) is 7.05 Å². The Bertz CT molecular complexity index is 686. The summed E-state index contributed by atoms with van der Waals surface area (Å²) in [6, 6.07) is 0. The van der Waals surface area contributed by atoms with Gasteiger partial charge in [0.15, 0.2) is 0 Å². The van der Waals surface area contributed by atoms with Gasteiger partial charge in [-0.25, -0.2) is 14.2 Å². The summed E-state index contributed by atoms with van der Waals surface area (Å²) < 4.78 is 4.50. The first-order chi connectivity index (χ1) is 10.1. The molecule has 1 amide bonds. The fraction of sp³-hybridized carbons (Fsp3) is 0.636. The second kappa shape index (κ2) is 5.46. The Morgan fingerprint density at radius 3 is 2.95 bits per heavy atom. The van der Waals surface area contributed by atoms with Crippen molar-refractivity contribution in [2.45, 2.75) is 25.9 Å². The van der Waals surface area contributed by atoms with Crippen LogP contribution >= 0.6 is 0 Å². The number of hydrogen-bond acceptors (Lipinski definition) is 6. The van der Waals surface area contributed by atoms with Crippen LogP contribution in [0.4, 0.5) is 0 Å². The number of carbonyl (C=O) groups is 1. The highest BCUT2D eigenvalue weighted by Gasteiger charge is 2.21. The standard InChI is InChI=1S/C11H16N8O2/c1-16-11(21)19-7-6-17(4-2-9(19)13-16)10(20)3-5-18-8-12-14-15-18/h8H,2-7H2,1H3. The number of rotatable bonds is 3. The third kappa shape index (κ3) is 2.69. The third-order valence-corrected chi connectivity index (χ3v) is 3.58. The van der Waals surface area contributed by atoms with E-state index in [0.717, 1.165) is 5.82 Å². The Hall–Kier alpha value is -2.52. The molecule has 0 spiro atoms. The maximum absolute atomic E-state index is 12.2. The molecule has 2 aromatic heterocycles. The second-order valence-corrected chi connectivity index (χ2v) is 4.93. The Morgan fingerprint density at radius 2 is 2.19 bits per heavy atom. The van der Waals surface area contributed by atoms with Crippen molar-refractivity contribution < 1.29 is 4.79 Å². The molecule has 3 rings (SSSR count). The maximum Gasteiger partial charge on any atom is 0.345 e. The molecule has 21 heavy (non-hydrogen) atoms. The molecule has 0 bridgehead atoms. The summed E-state index contributed by atoms with van der Waals surface area (Å²) in [4.78, 5) is 25.8. The second-order valence-electron chi connectivity index (χ2n) is 4.93. The molecule has 0 saturated carbocycles. The molecule has 0 saturated heterocycles. The Labute approximate surface area is 120 Å². The molecule has 112 valence electrons. The van der Waals surface area contributed by atoms with Gasteiger partial charge in [0, 0.05) is 39.5 Å². The first-order valence-electron chi connectivity index (χ1n) is 6.76. The molecular weight excluding hydrogens is 276 g/mol. The number of carbonyl (C=O) groups excluding carboxylic acids is 1. The minimum Gasteiger partial charge on any atom is -0.340 e. The number of tetrazole rings is 1. The summed E-state index contributed by atoms with van der Waals surface area (Å²) in [6.07, 6.45) is 2.41. The molecule has 0 fully saturated rings. The molecule has 1 aliphatic heterocycles. The third-order valence-electron chi connectivity index (χ3n) is 3.58. The summed E-state index contributed by atoms with van der Waals surface area (Å²) in [5, 5.41) is 15.0. The smallest absolute Gasteiger partial charge is 0.340 e. The van der Waals surface area contributed by atoms with Crippen LogP contribution in [0.15, 0.2) is 11.1 Å². The number of hydrogen-bond donors (Lipinski definition) is 0. The van der Waals surface area contributed by atoms with Crippen LogP contribution in [0.25, 0.3) is 0 Å². The Kier molecular flexibility index (Phi) is 3.50. The van der Waals surface area contributed by atoms with E-state index >= 15 is 0 Å². The van der Waals surface area contributed by atoms with E-state index in [0.29, 0.717) is 39.0 Å². The van der Waals surface area contributed by atoms with Gasteiger partial charge in [-0.05, 0) is 10.4 Å². The fourth-order valence-corrected chi connectivity index (χ4v) is 2.43. The van der Waals surface area contributed by atoms with Gasteiger partial charge >= 0.3 is 5.69 Å². The van der Waals surface area contributed by atoms with Gasteiger partial charge in [0.2, 0.25) is 5.91 Å². The summed E-state index contributed by atoms with van der Waals surface area (Å²) >= 11 is 0. The molecule has 10 heteroatoms. The van der Waals surface area contributed by atoms with Crippen molar-refractivity contribution in [3.05, 3.63) is 22.6 Å². The zero-order valence-electron chi connectivity index (χ0n) is 11.7. The van der Waals surface area contributed by atoms with Crippen molar-refractivity contribution in [1.82, 2.24) is 39.5 Å². The highest BCUT2D eigenvalue weighted by Crippen LogP contribution is 2.06. The number of fused-ring (bicyclic) bond motifs is 1. The van der Waals surface area contributed by atoms with Gasteiger partial charge in [-0.3, -0.25) is 9.36 Å². The molecule has 3 heterocycles. The predicted molar refractivity (Wildman–Crippen MR) is 70.2 cm³/mol. The highest BCUT2D eigenvalue weighted by atomic mass is 16.2. The van der Waals surface area contributed by atoms with Gasteiger partial charge in [0.25, 0.3) is 0 Å². The molecular formula is C11H16N8O2. The first-order valence-corrected chi connectivity index (χ1v) is 6.76. The van der Waals surface area contributed by atoms with Crippen LogP contribution in [0.2, 0.25) is 0 Å². The summed E-state index contributed by atoms with van der Waals surface area (Å²) in [5.41, 5.74) is -0.131. The molecule has 0 N–H and O–H groups in total. The maximum atomic E-state index is 12.2. The van der Waals surface area contributed by atoms with Gasteiger partial charge in [0.05, 0.1) is 6.54 Å². The molecule has 10 nitrogen and oxygen atoms in total. The van der Waals surface area contributed by atoms with Crippen LogP contribution in [0.1, 0.15) is 12.2 Å². The van der Waals surface area contributed by atoms with E-state index in [9.17, 15) is 9.59 Å². The molecule has 0 radical (unpaired) electrons. The van der Waals surface area contributed by atoms with Gasteiger partial charge < -0.3 is 4.90 Å². The van der Waals surface area contributed by atoms with Gasteiger partial charge in [0.1, 0.15) is 12.2 Å². The van der Waals surface area contributed by atoms with Crippen LogP contribution < -0.4 is 5.69 Å². The lowest BCUT2D eigenvalue weighted by Gasteiger charge is -2.19. The molecule has 0 atom stereocenters. The van der Waals surface area contributed by atoms with Crippen molar-refractivity contribution in [2.75, 3.05) is 13.1 Å². The van der Waals surface area contributed by atoms with E-state index in [1.807, 2.05) is 0 Å². The zero-order valence-corrected chi connectivity index (χ0v) is 11.7. The quantitative estimate of drug-likeness (QED) is 0.651. The summed E-state index contributed by atoms with van der Waals surface area (Å²) in [7, 11) is 1.64. The molecule has 0 unspecified atom stereocenters. The predicted octanol–water partition coefficient (Wildman–Crippen LogP) is -1.96. The largest absolute Gasteiger partial charge is 0.345 e. The number of aromatic nitrogens is 7. The zero-order chi connectivity index (χ0) is 14.8. The summed E-state index contributed by atoms with van der Waals surface area (Å²) in [6.45, 7) is 2.03. The van der Waals surface area contributed by atoms with Crippen LogP contribution in [0, 0.1) is 0 Å². The van der Waals surface area contributed by atoms with Gasteiger partial charge in [-0.1, -0.05) is 0 Å². The van der Waals surface area contributed by atoms with Crippen molar-refractivity contribution in [1.29, 1.82) is 0 Å². The van der Waals surface area contributed by atoms with E-state index in [2.05, 4.69) is 20.6 Å². The van der Waals surface area contributed by atoms with Crippen molar-refractivity contribution in [3.8, 4) is 0 Å². The van der Waals surface area contributed by atoms with Gasteiger partial charge in [-0.2, -0.15) is 5.10 Å². The van der Waals surface area contributed by atoms with E-state index < -0.39 is 0 Å². The van der Waals surface area contributed by atoms with Crippen LogP contribution in [0.5, 0.6) is 0 Å². The van der Waals surface area contributed by atoms with Crippen LogP contribution in [0.3, 0.4) is 0 Å². The number of nitrogens with zero attached hydrogens (tertiary/aromatic N) is 8. The monoisotopic (exact) mass is 292 g/mol. The lowest BCUT2D eigenvalue weighted by Crippen LogP contribution is -2.35. The van der Waals surface area contributed by atoms with Crippen LogP contribution in [-0.4, -0.2) is 58.5 Å². The average Bonchev–Trinajstić information content (AvgIpc) is 3.01. The number of amides is 1. The molecule has 0 aromatic carbocycles. The lowest BCUT2D eigenvalue weighted by atomic mass is 10.3. The minimum atomic E-state index is -0.131. The van der Waals surface area contributed by atoms with Crippen molar-refractivity contribution in [3.63, 3.8) is 0 Å². The normalized spacial score (nSPS) is 14.8. The molecule has 1 aliphatic rings. The van der Waals surface area contributed by atoms with Gasteiger partial charge in [-0.15, -0.1) is 5.10 Å². The van der Waals surface area contributed by atoms with E-state index in [-0.39, 0.29) is 11.6 Å². The minimum absolute atomic E-state index is 0.0353. The first kappa shape index (κ1) is 13.5. The van der Waals surface area contributed by atoms with Crippen molar-refractivity contribution >= 4 is 5.91 Å². The molecule has 2 aromatic rings. The molecule has 0 aliphatic carbocycles.